The first-order valence-electron chi connectivity index (χ1n) is 7.46. The summed E-state index contributed by atoms with van der Waals surface area (Å²) in [6.07, 6.45) is 0. The van der Waals surface area contributed by atoms with Gasteiger partial charge in [-0.05, 0) is 43.4 Å². The molecule has 1 aromatic carbocycles. The van der Waals surface area contributed by atoms with Crippen molar-refractivity contribution >= 4 is 17.4 Å². The lowest BCUT2D eigenvalue weighted by Crippen LogP contribution is -2.47. The van der Waals surface area contributed by atoms with E-state index in [4.69, 9.17) is 0 Å². The number of likely N-dealkylation sites (N-methyl/N-ethyl adjacent to an activating group) is 1. The molecule has 0 bridgehead atoms. The van der Waals surface area contributed by atoms with Crippen molar-refractivity contribution in [3.8, 4) is 0 Å². The fourth-order valence-electron chi connectivity index (χ4n) is 2.37. The molecule has 0 aliphatic carbocycles. The fraction of sp³-hybridized carbons (Fsp3) is 0.312. The zero-order valence-electron chi connectivity index (χ0n) is 12.9. The first-order valence-corrected chi connectivity index (χ1v) is 7.46. The quantitative estimate of drug-likeness (QED) is 0.935. The van der Waals surface area contributed by atoms with Gasteiger partial charge in [0, 0.05) is 31.9 Å². The summed E-state index contributed by atoms with van der Waals surface area (Å²) in [4.78, 5) is 16.3. The van der Waals surface area contributed by atoms with E-state index < -0.39 is 0 Å². The Hall–Kier alpha value is -2.54. The summed E-state index contributed by atoms with van der Waals surface area (Å²) in [7, 11) is 2.04. The molecule has 0 unspecified atom stereocenters. The van der Waals surface area contributed by atoms with Gasteiger partial charge in [-0.1, -0.05) is 0 Å². The molecule has 2 heterocycles. The fourth-order valence-corrected chi connectivity index (χ4v) is 2.37. The van der Waals surface area contributed by atoms with E-state index in [1.54, 1.807) is 29.2 Å². The summed E-state index contributed by atoms with van der Waals surface area (Å²) >= 11 is 0. The van der Waals surface area contributed by atoms with Crippen LogP contribution < -0.4 is 5.32 Å². The van der Waals surface area contributed by atoms with Crippen LogP contribution in [0.4, 0.5) is 15.9 Å². The number of anilines is 2. The third kappa shape index (κ3) is 3.81. The molecule has 1 aliphatic heterocycles. The van der Waals surface area contributed by atoms with Gasteiger partial charge in [0.05, 0.1) is 0 Å². The van der Waals surface area contributed by atoms with Crippen molar-refractivity contribution in [3.05, 3.63) is 47.9 Å². The van der Waals surface area contributed by atoms with Crippen LogP contribution in [0.3, 0.4) is 0 Å². The molecule has 0 atom stereocenters. The normalized spacial score (nSPS) is 15.5. The van der Waals surface area contributed by atoms with Crippen LogP contribution in [0.2, 0.25) is 0 Å². The van der Waals surface area contributed by atoms with Crippen LogP contribution in [0.5, 0.6) is 0 Å². The van der Waals surface area contributed by atoms with Gasteiger partial charge in [0.2, 0.25) is 0 Å². The predicted molar refractivity (Wildman–Crippen MR) is 85.1 cm³/mol. The Morgan fingerprint density at radius 1 is 1.04 bits per heavy atom. The standard InChI is InChI=1S/C16H18FN5O/c1-21-8-10-22(11-9-21)16(23)14-6-7-15(20-19-14)18-13-4-2-12(17)3-5-13/h2-7H,8-11H2,1H3,(H,18,20). The minimum absolute atomic E-state index is 0.0982. The number of piperazine rings is 1. The first kappa shape index (κ1) is 15.4. The highest BCUT2D eigenvalue weighted by molar-refractivity contribution is 5.92. The third-order valence-corrected chi connectivity index (χ3v) is 3.79. The summed E-state index contributed by atoms with van der Waals surface area (Å²) in [5.74, 6) is 0.111. The number of benzene rings is 1. The number of hydrogen-bond donors (Lipinski definition) is 1. The molecule has 1 fully saturated rings. The van der Waals surface area contributed by atoms with Crippen LogP contribution in [-0.4, -0.2) is 59.1 Å². The number of nitrogens with one attached hydrogen (secondary N) is 1. The van der Waals surface area contributed by atoms with E-state index in [9.17, 15) is 9.18 Å². The summed E-state index contributed by atoms with van der Waals surface area (Å²) in [5, 5.41) is 11.0. The molecule has 2 aromatic rings. The third-order valence-electron chi connectivity index (χ3n) is 3.79. The highest BCUT2D eigenvalue weighted by Crippen LogP contribution is 2.15. The first-order chi connectivity index (χ1) is 11.1. The van der Waals surface area contributed by atoms with Crippen molar-refractivity contribution in [2.45, 2.75) is 0 Å². The van der Waals surface area contributed by atoms with Gasteiger partial charge in [0.1, 0.15) is 5.82 Å². The zero-order valence-corrected chi connectivity index (χ0v) is 12.9. The van der Waals surface area contributed by atoms with E-state index in [2.05, 4.69) is 20.4 Å². The highest BCUT2D eigenvalue weighted by atomic mass is 19.1. The molecule has 1 saturated heterocycles. The van der Waals surface area contributed by atoms with Gasteiger partial charge in [0.15, 0.2) is 11.5 Å². The molecule has 3 rings (SSSR count). The number of nitrogens with zero attached hydrogens (tertiary/aromatic N) is 4. The summed E-state index contributed by atoms with van der Waals surface area (Å²) < 4.78 is 12.9. The number of halogens is 1. The molecule has 1 amide bonds. The second kappa shape index (κ2) is 6.70. The lowest BCUT2D eigenvalue weighted by Gasteiger charge is -2.32. The number of carbonyl (C=O) groups excluding carboxylic acids is 1. The molecule has 7 heteroatoms. The van der Waals surface area contributed by atoms with Gasteiger partial charge in [0.25, 0.3) is 5.91 Å². The van der Waals surface area contributed by atoms with E-state index in [0.29, 0.717) is 30.3 Å². The van der Waals surface area contributed by atoms with E-state index in [0.717, 1.165) is 13.1 Å². The van der Waals surface area contributed by atoms with Crippen molar-refractivity contribution in [1.29, 1.82) is 0 Å². The molecular formula is C16H18FN5O. The lowest BCUT2D eigenvalue weighted by atomic mass is 10.2. The van der Waals surface area contributed by atoms with E-state index in [1.807, 2.05) is 7.05 Å². The maximum absolute atomic E-state index is 12.9. The van der Waals surface area contributed by atoms with Crippen LogP contribution in [-0.2, 0) is 0 Å². The number of aromatic nitrogens is 2. The van der Waals surface area contributed by atoms with Gasteiger partial charge in [-0.3, -0.25) is 4.79 Å². The van der Waals surface area contributed by atoms with Gasteiger partial charge in [-0.25, -0.2) is 4.39 Å². The summed E-state index contributed by atoms with van der Waals surface area (Å²) in [6.45, 7) is 3.13. The minimum Gasteiger partial charge on any atom is -0.339 e. The van der Waals surface area contributed by atoms with Gasteiger partial charge in [-0.15, -0.1) is 10.2 Å². The van der Waals surface area contributed by atoms with E-state index in [-0.39, 0.29) is 11.7 Å². The minimum atomic E-state index is -0.297. The molecule has 1 aromatic heterocycles. The van der Waals surface area contributed by atoms with Crippen LogP contribution in [0, 0.1) is 5.82 Å². The second-order valence-corrected chi connectivity index (χ2v) is 5.53. The topological polar surface area (TPSA) is 61.4 Å². The van der Waals surface area contributed by atoms with Crippen LogP contribution >= 0.6 is 0 Å². The van der Waals surface area contributed by atoms with E-state index in [1.165, 1.54) is 12.1 Å². The Morgan fingerprint density at radius 2 is 1.74 bits per heavy atom. The molecular weight excluding hydrogens is 297 g/mol. The molecule has 1 N–H and O–H groups in total. The van der Waals surface area contributed by atoms with Crippen LogP contribution in [0.1, 0.15) is 10.5 Å². The molecule has 23 heavy (non-hydrogen) atoms. The van der Waals surface area contributed by atoms with Crippen molar-refractivity contribution in [2.24, 2.45) is 0 Å². The second-order valence-electron chi connectivity index (χ2n) is 5.53. The molecule has 120 valence electrons. The number of rotatable bonds is 3. The van der Waals surface area contributed by atoms with E-state index >= 15 is 0 Å². The Bertz CT molecular complexity index is 666. The van der Waals surface area contributed by atoms with Crippen molar-refractivity contribution in [2.75, 3.05) is 38.5 Å². The number of carbonyl (C=O) groups is 1. The SMILES string of the molecule is CN1CCN(C(=O)c2ccc(Nc3ccc(F)cc3)nn2)CC1. The Balaban J connectivity index is 1.64. The lowest BCUT2D eigenvalue weighted by molar-refractivity contribution is 0.0657. The average molecular weight is 315 g/mol. The van der Waals surface area contributed by atoms with Crippen LogP contribution in [0.15, 0.2) is 36.4 Å². The van der Waals surface area contributed by atoms with Gasteiger partial charge in [-0.2, -0.15) is 0 Å². The molecule has 6 nitrogen and oxygen atoms in total. The van der Waals surface area contributed by atoms with Gasteiger partial charge >= 0.3 is 0 Å². The molecule has 0 spiro atoms. The summed E-state index contributed by atoms with van der Waals surface area (Å²) in [6, 6.07) is 9.29. The highest BCUT2D eigenvalue weighted by Gasteiger charge is 2.21. The maximum Gasteiger partial charge on any atom is 0.274 e. The van der Waals surface area contributed by atoms with Crippen molar-refractivity contribution < 1.29 is 9.18 Å². The number of amides is 1. The largest absolute Gasteiger partial charge is 0.339 e. The maximum atomic E-state index is 12.9. The Labute approximate surface area is 133 Å². The Kier molecular flexibility index (Phi) is 4.47. The van der Waals surface area contributed by atoms with Gasteiger partial charge < -0.3 is 15.1 Å². The monoisotopic (exact) mass is 315 g/mol. The smallest absolute Gasteiger partial charge is 0.274 e. The average Bonchev–Trinajstić information content (AvgIpc) is 2.58. The Morgan fingerprint density at radius 3 is 2.35 bits per heavy atom. The van der Waals surface area contributed by atoms with Crippen molar-refractivity contribution in [1.82, 2.24) is 20.0 Å². The number of hydrogen-bond acceptors (Lipinski definition) is 5. The molecule has 0 radical (unpaired) electrons. The zero-order chi connectivity index (χ0) is 16.2. The molecule has 1 aliphatic rings. The molecule has 0 saturated carbocycles. The predicted octanol–water partition coefficient (Wildman–Crippen LogP) is 1.75. The van der Waals surface area contributed by atoms with Crippen molar-refractivity contribution in [3.63, 3.8) is 0 Å². The summed E-state index contributed by atoms with van der Waals surface area (Å²) in [5.41, 5.74) is 1.04. The van der Waals surface area contributed by atoms with Crippen LogP contribution in [0.25, 0.3) is 0 Å².